The molecule has 2 aliphatic carbocycles. The Hall–Kier alpha value is -3.35. The Balaban J connectivity index is 1.11. The molecule has 0 aromatic heterocycles. The van der Waals surface area contributed by atoms with Crippen LogP contribution in [0.4, 0.5) is 4.79 Å². The van der Waals surface area contributed by atoms with Crippen LogP contribution in [-0.2, 0) is 14.3 Å². The lowest BCUT2D eigenvalue weighted by Gasteiger charge is -2.19. The summed E-state index contributed by atoms with van der Waals surface area (Å²) < 4.78 is 5.54. The van der Waals surface area contributed by atoms with Gasteiger partial charge in [0.2, 0.25) is 5.91 Å². The number of carbonyl (C=O) groups excluding carboxylic acids is 2. The summed E-state index contributed by atoms with van der Waals surface area (Å²) in [6.45, 7) is 0.797. The largest absolute Gasteiger partial charge is 0.481 e. The van der Waals surface area contributed by atoms with Crippen molar-refractivity contribution in [3.63, 3.8) is 0 Å². The Morgan fingerprint density at radius 3 is 2.29 bits per heavy atom. The summed E-state index contributed by atoms with van der Waals surface area (Å²) >= 11 is 0. The fourth-order valence-electron chi connectivity index (χ4n) is 5.40. The van der Waals surface area contributed by atoms with Crippen molar-refractivity contribution < 1.29 is 24.2 Å². The van der Waals surface area contributed by atoms with Gasteiger partial charge >= 0.3 is 12.1 Å². The lowest BCUT2D eigenvalue weighted by molar-refractivity contribution is -0.138. The third kappa shape index (κ3) is 6.41. The lowest BCUT2D eigenvalue weighted by atomic mass is 9.98. The highest BCUT2D eigenvalue weighted by molar-refractivity contribution is 5.79. The zero-order chi connectivity index (χ0) is 24.6. The van der Waals surface area contributed by atoms with Gasteiger partial charge in [-0.25, -0.2) is 4.79 Å². The smallest absolute Gasteiger partial charge is 0.407 e. The van der Waals surface area contributed by atoms with Crippen molar-refractivity contribution in [3.8, 4) is 11.1 Å². The fraction of sp³-hybridized carbons (Fsp3) is 0.464. The number of ether oxygens (including phenoxy) is 1. The zero-order valence-electron chi connectivity index (χ0n) is 20.0. The Labute approximate surface area is 206 Å². The molecule has 4 rings (SSSR count). The number of benzene rings is 2. The number of aliphatic carboxylic acids is 1. The topological polar surface area (TPSA) is 105 Å². The molecule has 2 amide bonds. The van der Waals surface area contributed by atoms with Gasteiger partial charge in [0.05, 0.1) is 6.42 Å². The van der Waals surface area contributed by atoms with Crippen LogP contribution in [0.25, 0.3) is 11.1 Å². The van der Waals surface area contributed by atoms with Gasteiger partial charge in [0.25, 0.3) is 0 Å². The Morgan fingerprint density at radius 1 is 0.914 bits per heavy atom. The normalized spacial score (nSPS) is 18.5. The molecular formula is C28H34N2O5. The average Bonchev–Trinajstić information content (AvgIpc) is 3.41. The summed E-state index contributed by atoms with van der Waals surface area (Å²) in [5.41, 5.74) is 4.77. The molecule has 186 valence electrons. The third-order valence-electron chi connectivity index (χ3n) is 7.14. The van der Waals surface area contributed by atoms with E-state index in [0.29, 0.717) is 19.6 Å². The number of rotatable bonds is 11. The number of alkyl carbamates (subject to hydrolysis) is 1. The Morgan fingerprint density at radius 2 is 1.60 bits per heavy atom. The fourth-order valence-corrected chi connectivity index (χ4v) is 5.40. The van der Waals surface area contributed by atoms with Crippen LogP contribution >= 0.6 is 0 Å². The quantitative estimate of drug-likeness (QED) is 0.401. The molecule has 0 heterocycles. The van der Waals surface area contributed by atoms with Crippen LogP contribution in [0.2, 0.25) is 0 Å². The molecule has 0 bridgehead atoms. The molecule has 2 atom stereocenters. The Kier molecular flexibility index (Phi) is 8.40. The molecule has 3 N–H and O–H groups in total. The molecule has 2 aromatic carbocycles. The second kappa shape index (κ2) is 11.9. The molecule has 2 aliphatic rings. The van der Waals surface area contributed by atoms with Gasteiger partial charge in [-0.3, -0.25) is 9.59 Å². The maximum absolute atomic E-state index is 12.2. The molecule has 0 radical (unpaired) electrons. The second-order valence-corrected chi connectivity index (χ2v) is 9.53. The van der Waals surface area contributed by atoms with E-state index in [9.17, 15) is 14.4 Å². The molecule has 0 unspecified atom stereocenters. The molecule has 2 aromatic rings. The minimum Gasteiger partial charge on any atom is -0.481 e. The number of hydrogen-bond acceptors (Lipinski definition) is 4. The van der Waals surface area contributed by atoms with Crippen LogP contribution in [0.3, 0.4) is 0 Å². The minimum atomic E-state index is -0.806. The van der Waals surface area contributed by atoms with E-state index in [1.807, 2.05) is 24.3 Å². The lowest BCUT2D eigenvalue weighted by Crippen LogP contribution is -2.37. The number of carboxylic acids is 1. The molecule has 35 heavy (non-hydrogen) atoms. The number of carboxylic acid groups (broad SMARTS) is 1. The molecular weight excluding hydrogens is 444 g/mol. The molecule has 0 saturated heterocycles. The van der Waals surface area contributed by atoms with Crippen LogP contribution in [0, 0.1) is 5.92 Å². The predicted molar refractivity (Wildman–Crippen MR) is 133 cm³/mol. The van der Waals surface area contributed by atoms with E-state index >= 15 is 0 Å². The molecule has 0 aliphatic heterocycles. The summed E-state index contributed by atoms with van der Waals surface area (Å²) in [6, 6.07) is 16.5. The maximum atomic E-state index is 12.2. The van der Waals surface area contributed by atoms with Gasteiger partial charge < -0.3 is 20.5 Å². The van der Waals surface area contributed by atoms with Crippen molar-refractivity contribution >= 4 is 18.0 Å². The first-order chi connectivity index (χ1) is 17.0. The SMILES string of the molecule is O=C(O)C[C@@H]1CCC[C@H]1NC(=O)CCCCCNC(=O)OCC1c2ccccc2-c2ccccc21. The van der Waals surface area contributed by atoms with E-state index in [4.69, 9.17) is 9.84 Å². The van der Waals surface area contributed by atoms with Crippen molar-refractivity contribution in [2.45, 2.75) is 63.3 Å². The second-order valence-electron chi connectivity index (χ2n) is 9.53. The number of carbonyl (C=O) groups is 3. The first-order valence-corrected chi connectivity index (χ1v) is 12.6. The van der Waals surface area contributed by atoms with E-state index in [0.717, 1.165) is 38.5 Å². The first kappa shape index (κ1) is 24.8. The summed E-state index contributed by atoms with van der Waals surface area (Å²) in [4.78, 5) is 35.4. The van der Waals surface area contributed by atoms with Crippen molar-refractivity contribution in [1.82, 2.24) is 10.6 Å². The van der Waals surface area contributed by atoms with Gasteiger partial charge in [-0.15, -0.1) is 0 Å². The van der Waals surface area contributed by atoms with Gasteiger partial charge in [0, 0.05) is 24.9 Å². The summed E-state index contributed by atoms with van der Waals surface area (Å²) in [5.74, 6) is -0.740. The van der Waals surface area contributed by atoms with E-state index < -0.39 is 12.1 Å². The number of unbranched alkanes of at least 4 members (excludes halogenated alkanes) is 2. The van der Waals surface area contributed by atoms with Gasteiger partial charge in [-0.05, 0) is 53.9 Å². The van der Waals surface area contributed by atoms with E-state index in [1.165, 1.54) is 22.3 Å². The molecule has 0 spiro atoms. The maximum Gasteiger partial charge on any atom is 0.407 e. The van der Waals surface area contributed by atoms with Crippen molar-refractivity contribution in [3.05, 3.63) is 59.7 Å². The minimum absolute atomic E-state index is 0.0169. The highest BCUT2D eigenvalue weighted by atomic mass is 16.5. The highest BCUT2D eigenvalue weighted by Gasteiger charge is 2.30. The standard InChI is InChI=1S/C28H34N2O5/c31-26(30-25-14-8-9-19(25)17-27(32)33)15-2-1-7-16-29-28(34)35-18-24-22-12-5-3-10-20(22)21-11-4-6-13-23(21)24/h3-6,10-13,19,24-25H,1-2,7-9,14-18H2,(H,29,34)(H,30,31)(H,32,33)/t19-,25+/m0/s1. The van der Waals surface area contributed by atoms with Crippen LogP contribution in [0.15, 0.2) is 48.5 Å². The first-order valence-electron chi connectivity index (χ1n) is 12.6. The molecule has 1 fully saturated rings. The highest BCUT2D eigenvalue weighted by Crippen LogP contribution is 2.44. The number of nitrogens with one attached hydrogen (secondary N) is 2. The van der Waals surface area contributed by atoms with E-state index in [-0.39, 0.29) is 30.2 Å². The zero-order valence-corrected chi connectivity index (χ0v) is 20.0. The van der Waals surface area contributed by atoms with Gasteiger partial charge in [0.15, 0.2) is 0 Å². The van der Waals surface area contributed by atoms with Gasteiger partial charge in [-0.2, -0.15) is 0 Å². The van der Waals surface area contributed by atoms with Crippen LogP contribution < -0.4 is 10.6 Å². The number of amides is 2. The monoisotopic (exact) mass is 478 g/mol. The summed E-state index contributed by atoms with van der Waals surface area (Å²) in [5, 5.41) is 14.8. The number of hydrogen-bond donors (Lipinski definition) is 3. The van der Waals surface area contributed by atoms with Crippen molar-refractivity contribution in [2.24, 2.45) is 5.92 Å². The van der Waals surface area contributed by atoms with Crippen LogP contribution in [0.1, 0.15) is 68.4 Å². The molecule has 7 nitrogen and oxygen atoms in total. The van der Waals surface area contributed by atoms with Gasteiger partial charge in [-0.1, -0.05) is 61.4 Å². The van der Waals surface area contributed by atoms with Crippen molar-refractivity contribution in [1.29, 1.82) is 0 Å². The van der Waals surface area contributed by atoms with E-state index in [2.05, 4.69) is 34.9 Å². The predicted octanol–water partition coefficient (Wildman–Crippen LogP) is 4.85. The number of fused-ring (bicyclic) bond motifs is 3. The molecule has 7 heteroatoms. The molecule has 1 saturated carbocycles. The van der Waals surface area contributed by atoms with Crippen LogP contribution in [-0.4, -0.2) is 42.3 Å². The third-order valence-corrected chi connectivity index (χ3v) is 7.14. The van der Waals surface area contributed by atoms with Crippen molar-refractivity contribution in [2.75, 3.05) is 13.2 Å². The average molecular weight is 479 g/mol. The summed E-state index contributed by atoms with van der Waals surface area (Å²) in [7, 11) is 0. The van der Waals surface area contributed by atoms with E-state index in [1.54, 1.807) is 0 Å². The van der Waals surface area contributed by atoms with Crippen LogP contribution in [0.5, 0.6) is 0 Å². The Bertz CT molecular complexity index is 1010. The van der Waals surface area contributed by atoms with Gasteiger partial charge in [0.1, 0.15) is 6.61 Å². The summed E-state index contributed by atoms with van der Waals surface area (Å²) in [6.07, 6.45) is 5.11.